The van der Waals surface area contributed by atoms with E-state index in [2.05, 4.69) is 16.7 Å². The van der Waals surface area contributed by atoms with Gasteiger partial charge in [-0.25, -0.2) is 0 Å². The lowest BCUT2D eigenvalue weighted by atomic mass is 10.0. The van der Waals surface area contributed by atoms with Gasteiger partial charge >= 0.3 is 0 Å². The molecule has 1 saturated heterocycles. The number of amides is 1. The molecule has 0 unspecified atom stereocenters. The third-order valence-corrected chi connectivity index (χ3v) is 5.91. The van der Waals surface area contributed by atoms with Crippen molar-refractivity contribution in [3.8, 4) is 0 Å². The van der Waals surface area contributed by atoms with Crippen molar-refractivity contribution in [3.63, 3.8) is 0 Å². The lowest BCUT2D eigenvalue weighted by Crippen LogP contribution is -2.54. The van der Waals surface area contributed by atoms with E-state index in [1.54, 1.807) is 6.07 Å². The maximum absolute atomic E-state index is 12.7. The van der Waals surface area contributed by atoms with Crippen LogP contribution in [0.25, 0.3) is 0 Å². The average Bonchev–Trinajstić information content (AvgIpc) is 3.06. The van der Waals surface area contributed by atoms with E-state index in [-0.39, 0.29) is 12.0 Å². The molecule has 132 valence electrons. The standard InChI is InChI=1S/C18H25Cl2N3O/c1-12-10-22(11-14-8-15(19)9-16(21)17(14)20)6-7-23(12)18(24)13-4-2-3-5-13/h8-9,12-13H,2-7,10-11,21H2,1H3/t12-/m0/s1. The number of hydrogen-bond acceptors (Lipinski definition) is 3. The van der Waals surface area contributed by atoms with E-state index in [0.29, 0.717) is 28.2 Å². The molecule has 1 aromatic carbocycles. The Morgan fingerprint density at radius 1 is 1.25 bits per heavy atom. The van der Waals surface area contributed by atoms with E-state index >= 15 is 0 Å². The van der Waals surface area contributed by atoms with E-state index in [9.17, 15) is 4.79 Å². The second-order valence-corrected chi connectivity index (χ2v) is 7.88. The van der Waals surface area contributed by atoms with Crippen molar-refractivity contribution in [2.75, 3.05) is 25.4 Å². The van der Waals surface area contributed by atoms with Crippen LogP contribution in [0.4, 0.5) is 5.69 Å². The lowest BCUT2D eigenvalue weighted by molar-refractivity contribution is -0.140. The van der Waals surface area contributed by atoms with Crippen LogP contribution in [-0.4, -0.2) is 41.4 Å². The van der Waals surface area contributed by atoms with Crippen LogP contribution < -0.4 is 5.73 Å². The SMILES string of the molecule is C[C@H]1CN(Cc2cc(Cl)cc(N)c2Cl)CCN1C(=O)C1CCCC1. The van der Waals surface area contributed by atoms with E-state index in [4.69, 9.17) is 28.9 Å². The molecule has 2 aliphatic rings. The summed E-state index contributed by atoms with van der Waals surface area (Å²) in [5.41, 5.74) is 7.36. The zero-order valence-electron chi connectivity index (χ0n) is 14.1. The average molecular weight is 370 g/mol. The van der Waals surface area contributed by atoms with Crippen molar-refractivity contribution in [2.45, 2.75) is 45.2 Å². The monoisotopic (exact) mass is 369 g/mol. The Morgan fingerprint density at radius 2 is 1.96 bits per heavy atom. The first kappa shape index (κ1) is 17.8. The number of rotatable bonds is 3. The Bertz CT molecular complexity index is 617. The second kappa shape index (κ2) is 7.51. The van der Waals surface area contributed by atoms with Crippen molar-refractivity contribution < 1.29 is 4.79 Å². The minimum Gasteiger partial charge on any atom is -0.397 e. The zero-order chi connectivity index (χ0) is 17.3. The van der Waals surface area contributed by atoms with Gasteiger partial charge in [-0.15, -0.1) is 0 Å². The predicted octanol–water partition coefficient (Wildman–Crippen LogP) is 3.80. The van der Waals surface area contributed by atoms with Gasteiger partial charge in [0.25, 0.3) is 0 Å². The van der Waals surface area contributed by atoms with E-state index in [0.717, 1.165) is 38.0 Å². The van der Waals surface area contributed by atoms with Crippen molar-refractivity contribution in [1.82, 2.24) is 9.80 Å². The van der Waals surface area contributed by atoms with Gasteiger partial charge in [-0.1, -0.05) is 36.0 Å². The normalized spacial score (nSPS) is 23.0. The summed E-state index contributed by atoms with van der Waals surface area (Å²) < 4.78 is 0. The Balaban J connectivity index is 1.62. The van der Waals surface area contributed by atoms with Crippen molar-refractivity contribution in [3.05, 3.63) is 27.7 Å². The molecule has 2 fully saturated rings. The molecule has 24 heavy (non-hydrogen) atoms. The number of piperazine rings is 1. The second-order valence-electron chi connectivity index (χ2n) is 7.07. The minimum atomic E-state index is 0.224. The number of carbonyl (C=O) groups is 1. The number of nitrogen functional groups attached to an aromatic ring is 1. The number of hydrogen-bond donors (Lipinski definition) is 1. The van der Waals surface area contributed by atoms with Gasteiger partial charge in [-0.2, -0.15) is 0 Å². The smallest absolute Gasteiger partial charge is 0.226 e. The summed E-state index contributed by atoms with van der Waals surface area (Å²) in [6, 6.07) is 3.78. The Morgan fingerprint density at radius 3 is 2.62 bits per heavy atom. The highest BCUT2D eigenvalue weighted by atomic mass is 35.5. The van der Waals surface area contributed by atoms with Gasteiger partial charge in [0.2, 0.25) is 5.91 Å². The molecule has 1 heterocycles. The van der Waals surface area contributed by atoms with Crippen molar-refractivity contribution >= 4 is 34.8 Å². The molecule has 4 nitrogen and oxygen atoms in total. The molecule has 1 amide bonds. The van der Waals surface area contributed by atoms with Crippen LogP contribution in [0.1, 0.15) is 38.2 Å². The highest BCUT2D eigenvalue weighted by molar-refractivity contribution is 6.35. The van der Waals surface area contributed by atoms with Gasteiger partial charge in [0.1, 0.15) is 0 Å². The first-order valence-electron chi connectivity index (χ1n) is 8.72. The fourth-order valence-corrected chi connectivity index (χ4v) is 4.35. The van der Waals surface area contributed by atoms with Crippen LogP contribution >= 0.6 is 23.2 Å². The summed E-state index contributed by atoms with van der Waals surface area (Å²) in [7, 11) is 0. The Hall–Kier alpha value is -0.970. The Labute approximate surface area is 153 Å². The van der Waals surface area contributed by atoms with Crippen molar-refractivity contribution in [2.24, 2.45) is 5.92 Å². The van der Waals surface area contributed by atoms with E-state index in [1.807, 2.05) is 6.07 Å². The third-order valence-electron chi connectivity index (χ3n) is 5.23. The fraction of sp³-hybridized carbons (Fsp3) is 0.611. The van der Waals surface area contributed by atoms with Gasteiger partial charge in [0.15, 0.2) is 0 Å². The van der Waals surface area contributed by atoms with Crippen LogP contribution in [-0.2, 0) is 11.3 Å². The summed E-state index contributed by atoms with van der Waals surface area (Å²) in [5, 5.41) is 1.19. The van der Waals surface area contributed by atoms with Crippen LogP contribution in [0.5, 0.6) is 0 Å². The molecular formula is C18H25Cl2N3O. The Kier molecular flexibility index (Phi) is 5.58. The molecule has 0 aromatic heterocycles. The summed E-state index contributed by atoms with van der Waals surface area (Å²) in [6.45, 7) is 5.32. The first-order chi connectivity index (χ1) is 11.5. The number of carbonyl (C=O) groups excluding carboxylic acids is 1. The van der Waals surface area contributed by atoms with Gasteiger partial charge < -0.3 is 10.6 Å². The number of halogens is 2. The summed E-state index contributed by atoms with van der Waals surface area (Å²) >= 11 is 12.4. The molecule has 0 spiro atoms. The third kappa shape index (κ3) is 3.81. The maximum atomic E-state index is 12.7. The van der Waals surface area contributed by atoms with E-state index < -0.39 is 0 Å². The lowest BCUT2D eigenvalue weighted by Gasteiger charge is -2.41. The zero-order valence-corrected chi connectivity index (χ0v) is 15.6. The molecular weight excluding hydrogens is 345 g/mol. The number of anilines is 1. The fourth-order valence-electron chi connectivity index (χ4n) is 3.94. The summed E-state index contributed by atoms with van der Waals surface area (Å²) in [6.07, 6.45) is 4.51. The number of benzene rings is 1. The quantitative estimate of drug-likeness (QED) is 0.824. The van der Waals surface area contributed by atoms with Gasteiger partial charge in [0.05, 0.1) is 10.7 Å². The highest BCUT2D eigenvalue weighted by Gasteiger charge is 2.33. The van der Waals surface area contributed by atoms with Crippen molar-refractivity contribution in [1.29, 1.82) is 0 Å². The van der Waals surface area contributed by atoms with Gasteiger partial charge in [-0.05, 0) is 37.5 Å². The molecule has 2 N–H and O–H groups in total. The number of nitrogens with zero attached hydrogens (tertiary/aromatic N) is 2. The van der Waals surface area contributed by atoms with Gasteiger partial charge in [-0.3, -0.25) is 9.69 Å². The molecule has 6 heteroatoms. The molecule has 3 rings (SSSR count). The van der Waals surface area contributed by atoms with Crippen LogP contribution in [0.3, 0.4) is 0 Å². The molecule has 1 atom stereocenters. The molecule has 1 aliphatic carbocycles. The van der Waals surface area contributed by atoms with Gasteiger partial charge in [0, 0.05) is 43.2 Å². The minimum absolute atomic E-state index is 0.224. The van der Waals surface area contributed by atoms with Crippen LogP contribution in [0.2, 0.25) is 10.0 Å². The highest BCUT2D eigenvalue weighted by Crippen LogP contribution is 2.30. The molecule has 1 saturated carbocycles. The first-order valence-corrected chi connectivity index (χ1v) is 9.47. The maximum Gasteiger partial charge on any atom is 0.226 e. The summed E-state index contributed by atoms with van der Waals surface area (Å²) in [4.78, 5) is 17.1. The predicted molar refractivity (Wildman–Crippen MR) is 99.3 cm³/mol. The molecule has 0 radical (unpaired) electrons. The molecule has 1 aliphatic heterocycles. The summed E-state index contributed by atoms with van der Waals surface area (Å²) in [5.74, 6) is 0.603. The number of nitrogens with two attached hydrogens (primary N) is 1. The van der Waals surface area contributed by atoms with Crippen LogP contribution in [0, 0.1) is 5.92 Å². The largest absolute Gasteiger partial charge is 0.397 e. The molecule has 1 aromatic rings. The van der Waals surface area contributed by atoms with Crippen LogP contribution in [0.15, 0.2) is 12.1 Å². The molecule has 0 bridgehead atoms. The van der Waals surface area contributed by atoms with E-state index in [1.165, 1.54) is 12.8 Å². The topological polar surface area (TPSA) is 49.6 Å².